The Labute approximate surface area is 110 Å². The fraction of sp³-hybridized carbons (Fsp3) is 0.273. The van der Waals surface area contributed by atoms with Crippen molar-refractivity contribution in [1.29, 1.82) is 0 Å². The van der Waals surface area contributed by atoms with Crippen LogP contribution in [-0.4, -0.2) is 31.3 Å². The van der Waals surface area contributed by atoms with Crippen molar-refractivity contribution in [2.75, 3.05) is 18.7 Å². The Morgan fingerprint density at radius 2 is 1.90 bits per heavy atom. The normalized spacial score (nSPS) is 12.9. The lowest BCUT2D eigenvalue weighted by Crippen LogP contribution is -2.41. The summed E-state index contributed by atoms with van der Waals surface area (Å²) in [5.74, 6) is -2.03. The Morgan fingerprint density at radius 1 is 1.20 bits per heavy atom. The third-order valence-electron chi connectivity index (χ3n) is 2.32. The maximum atomic E-state index is 11.9. The number of nitrogens with one attached hydrogen (secondary N) is 2. The first-order valence-electron chi connectivity index (χ1n) is 5.41. The lowest BCUT2D eigenvalue weighted by atomic mass is 10.3. The van der Waals surface area contributed by atoms with Gasteiger partial charge in [-0.2, -0.15) is 13.2 Å². The predicted octanol–water partition coefficient (Wildman–Crippen LogP) is 1.03. The quantitative estimate of drug-likeness (QED) is 0.871. The molecule has 2 rings (SSSR count). The minimum Gasteiger partial charge on any atom is -0.454 e. The third kappa shape index (κ3) is 3.31. The predicted molar refractivity (Wildman–Crippen MR) is 60.3 cm³/mol. The molecule has 1 aromatic rings. The van der Waals surface area contributed by atoms with Gasteiger partial charge >= 0.3 is 12.1 Å². The van der Waals surface area contributed by atoms with Gasteiger partial charge in [-0.05, 0) is 12.1 Å². The van der Waals surface area contributed by atoms with Gasteiger partial charge in [-0.25, -0.2) is 0 Å². The molecule has 0 unspecified atom stereocenters. The second-order valence-corrected chi connectivity index (χ2v) is 3.80. The number of rotatable bonds is 3. The summed E-state index contributed by atoms with van der Waals surface area (Å²) in [5.41, 5.74) is 0.320. The molecule has 0 radical (unpaired) electrons. The minimum absolute atomic E-state index is 0.0639. The number of anilines is 1. The summed E-state index contributed by atoms with van der Waals surface area (Å²) in [6, 6.07) is 4.51. The van der Waals surface area contributed by atoms with Crippen molar-refractivity contribution in [2.24, 2.45) is 0 Å². The maximum Gasteiger partial charge on any atom is 0.471 e. The zero-order valence-electron chi connectivity index (χ0n) is 9.91. The number of halogens is 3. The highest BCUT2D eigenvalue weighted by molar-refractivity contribution is 5.95. The van der Waals surface area contributed by atoms with Gasteiger partial charge in [0.1, 0.15) is 0 Å². The number of hydrogen-bond donors (Lipinski definition) is 2. The van der Waals surface area contributed by atoms with Crippen LogP contribution in [0.3, 0.4) is 0 Å². The van der Waals surface area contributed by atoms with Crippen LogP contribution >= 0.6 is 0 Å². The Bertz CT molecular complexity index is 545. The van der Waals surface area contributed by atoms with Gasteiger partial charge in [0.15, 0.2) is 11.5 Å². The van der Waals surface area contributed by atoms with Crippen molar-refractivity contribution in [2.45, 2.75) is 6.18 Å². The van der Waals surface area contributed by atoms with E-state index in [4.69, 9.17) is 9.47 Å². The van der Waals surface area contributed by atoms with Crippen LogP contribution in [0.1, 0.15) is 0 Å². The molecular formula is C11H9F3N2O4. The van der Waals surface area contributed by atoms with E-state index in [1.54, 1.807) is 6.07 Å². The lowest BCUT2D eigenvalue weighted by Gasteiger charge is -2.09. The Morgan fingerprint density at radius 3 is 2.60 bits per heavy atom. The fourth-order valence-corrected chi connectivity index (χ4v) is 1.44. The second-order valence-electron chi connectivity index (χ2n) is 3.80. The molecule has 1 aromatic carbocycles. The van der Waals surface area contributed by atoms with Crippen molar-refractivity contribution in [3.63, 3.8) is 0 Å². The van der Waals surface area contributed by atoms with Gasteiger partial charge in [0.25, 0.3) is 0 Å². The van der Waals surface area contributed by atoms with Crippen molar-refractivity contribution < 1.29 is 32.2 Å². The van der Waals surface area contributed by atoms with Crippen LogP contribution in [-0.2, 0) is 9.59 Å². The number of fused-ring (bicyclic) bond motifs is 1. The summed E-state index contributed by atoms with van der Waals surface area (Å²) >= 11 is 0. The van der Waals surface area contributed by atoms with E-state index < -0.39 is 24.5 Å². The maximum absolute atomic E-state index is 11.9. The van der Waals surface area contributed by atoms with Crippen LogP contribution in [0.2, 0.25) is 0 Å². The molecule has 0 saturated carbocycles. The average Bonchev–Trinajstić information content (AvgIpc) is 2.82. The fourth-order valence-electron chi connectivity index (χ4n) is 1.44. The van der Waals surface area contributed by atoms with Gasteiger partial charge in [0, 0.05) is 11.8 Å². The van der Waals surface area contributed by atoms with E-state index in [2.05, 4.69) is 5.32 Å². The molecule has 2 amide bonds. The highest BCUT2D eigenvalue weighted by Crippen LogP contribution is 2.34. The van der Waals surface area contributed by atoms with Gasteiger partial charge in [-0.3, -0.25) is 9.59 Å². The van der Waals surface area contributed by atoms with Crippen LogP contribution < -0.4 is 20.1 Å². The van der Waals surface area contributed by atoms with Gasteiger partial charge in [-0.1, -0.05) is 0 Å². The highest BCUT2D eigenvalue weighted by Gasteiger charge is 2.38. The Kier molecular flexibility index (Phi) is 3.68. The van der Waals surface area contributed by atoms with E-state index in [1.807, 2.05) is 0 Å². The Balaban J connectivity index is 1.87. The summed E-state index contributed by atoms with van der Waals surface area (Å²) in [5, 5.41) is 3.78. The van der Waals surface area contributed by atoms with Crippen LogP contribution in [0.15, 0.2) is 18.2 Å². The molecule has 9 heteroatoms. The third-order valence-corrected chi connectivity index (χ3v) is 2.32. The smallest absolute Gasteiger partial charge is 0.454 e. The van der Waals surface area contributed by atoms with E-state index in [0.717, 1.165) is 0 Å². The van der Waals surface area contributed by atoms with E-state index in [-0.39, 0.29) is 6.79 Å². The van der Waals surface area contributed by atoms with E-state index >= 15 is 0 Å². The number of benzene rings is 1. The molecule has 20 heavy (non-hydrogen) atoms. The molecule has 0 fully saturated rings. The summed E-state index contributed by atoms with van der Waals surface area (Å²) in [7, 11) is 0. The van der Waals surface area contributed by atoms with Crippen molar-refractivity contribution in [1.82, 2.24) is 5.32 Å². The zero-order chi connectivity index (χ0) is 14.8. The number of alkyl halides is 3. The van der Waals surface area contributed by atoms with E-state index in [0.29, 0.717) is 17.2 Å². The monoisotopic (exact) mass is 290 g/mol. The van der Waals surface area contributed by atoms with Gasteiger partial charge in [0.05, 0.1) is 6.54 Å². The number of amides is 2. The molecule has 6 nitrogen and oxygen atoms in total. The van der Waals surface area contributed by atoms with Crippen LogP contribution in [0, 0.1) is 0 Å². The molecule has 1 heterocycles. The SMILES string of the molecule is O=C(CNC(=O)C(F)(F)F)Nc1ccc2c(c1)OCO2. The average molecular weight is 290 g/mol. The zero-order valence-corrected chi connectivity index (χ0v) is 9.91. The Hall–Kier alpha value is -2.45. The molecule has 0 atom stereocenters. The van der Waals surface area contributed by atoms with Crippen molar-refractivity contribution in [3.8, 4) is 11.5 Å². The van der Waals surface area contributed by atoms with Crippen molar-refractivity contribution in [3.05, 3.63) is 18.2 Å². The summed E-state index contributed by atoms with van der Waals surface area (Å²) < 4.78 is 45.8. The first kappa shape index (κ1) is 14.0. The summed E-state index contributed by atoms with van der Waals surface area (Å²) in [6.45, 7) is -0.721. The summed E-state index contributed by atoms with van der Waals surface area (Å²) in [6.07, 6.45) is -5.01. The van der Waals surface area contributed by atoms with Gasteiger partial charge < -0.3 is 20.1 Å². The molecule has 2 N–H and O–H groups in total. The highest BCUT2D eigenvalue weighted by atomic mass is 19.4. The summed E-state index contributed by atoms with van der Waals surface area (Å²) in [4.78, 5) is 21.9. The van der Waals surface area contributed by atoms with Gasteiger partial charge in [-0.15, -0.1) is 0 Å². The molecule has 0 aromatic heterocycles. The topological polar surface area (TPSA) is 76.7 Å². The van der Waals surface area contributed by atoms with Gasteiger partial charge in [0.2, 0.25) is 12.7 Å². The first-order chi connectivity index (χ1) is 9.36. The number of hydrogen-bond acceptors (Lipinski definition) is 4. The molecule has 108 valence electrons. The van der Waals surface area contributed by atoms with Crippen LogP contribution in [0.5, 0.6) is 11.5 Å². The largest absolute Gasteiger partial charge is 0.471 e. The molecule has 0 aliphatic carbocycles. The molecule has 0 spiro atoms. The number of carbonyl (C=O) groups is 2. The molecular weight excluding hydrogens is 281 g/mol. The van der Waals surface area contributed by atoms with Crippen LogP contribution in [0.4, 0.5) is 18.9 Å². The van der Waals surface area contributed by atoms with Crippen LogP contribution in [0.25, 0.3) is 0 Å². The lowest BCUT2D eigenvalue weighted by molar-refractivity contribution is -0.173. The van der Waals surface area contributed by atoms with E-state index in [1.165, 1.54) is 17.4 Å². The minimum atomic E-state index is -5.01. The number of ether oxygens (including phenoxy) is 2. The molecule has 0 saturated heterocycles. The molecule has 1 aliphatic rings. The van der Waals surface area contributed by atoms with Crippen molar-refractivity contribution >= 4 is 17.5 Å². The first-order valence-corrected chi connectivity index (χ1v) is 5.41. The standard InChI is InChI=1S/C11H9F3N2O4/c12-11(13,14)10(18)15-4-9(17)16-6-1-2-7-8(3-6)20-5-19-7/h1-3H,4-5H2,(H,15,18)(H,16,17). The molecule has 0 bridgehead atoms. The number of carbonyl (C=O) groups excluding carboxylic acids is 2. The van der Waals surface area contributed by atoms with E-state index in [9.17, 15) is 22.8 Å². The second kappa shape index (κ2) is 5.27. The molecule has 1 aliphatic heterocycles.